The number of rotatable bonds is 16. The Bertz CT molecular complexity index is 5740. The molecule has 0 unspecified atom stereocenters. The van der Waals surface area contributed by atoms with Gasteiger partial charge in [0, 0.05) is 52.8 Å². The van der Waals surface area contributed by atoms with Gasteiger partial charge >= 0.3 is 0 Å². The fraction of sp³-hybridized carbons (Fsp3) is 0.119. The van der Waals surface area contributed by atoms with Crippen LogP contribution in [0.4, 0.5) is 0 Å². The summed E-state index contributed by atoms with van der Waals surface area (Å²) in [4.78, 5) is 0. The van der Waals surface area contributed by atoms with Crippen LogP contribution in [0, 0.1) is 0 Å². The molecular formula is C109H88O5P2. The van der Waals surface area contributed by atoms with E-state index in [1.165, 1.54) is 65.2 Å². The first-order valence-corrected chi connectivity index (χ1v) is 43.1. The van der Waals surface area contributed by atoms with E-state index in [-0.39, 0.29) is 5.41 Å². The molecule has 0 aromatic heterocycles. The van der Waals surface area contributed by atoms with E-state index in [9.17, 15) is 0 Å². The second kappa shape index (κ2) is 33.1. The van der Waals surface area contributed by atoms with Gasteiger partial charge in [0.15, 0.2) is 0 Å². The highest BCUT2D eigenvalue weighted by atomic mass is 31.1. The van der Waals surface area contributed by atoms with Crippen molar-refractivity contribution in [1.29, 1.82) is 0 Å². The number of para-hydroxylation sites is 4. The van der Waals surface area contributed by atoms with Crippen molar-refractivity contribution in [3.8, 4) is 56.8 Å². The minimum absolute atomic E-state index is 0.371. The van der Waals surface area contributed by atoms with Gasteiger partial charge in [-0.2, -0.15) is 0 Å². The average molecular weight is 1540 g/mol. The molecule has 0 fully saturated rings. The van der Waals surface area contributed by atoms with E-state index in [0.29, 0.717) is 52.1 Å². The molecule has 0 spiro atoms. The lowest BCUT2D eigenvalue weighted by Crippen LogP contribution is -2.32. The Hall–Kier alpha value is -12.6. The zero-order valence-corrected chi connectivity index (χ0v) is 67.1. The maximum Gasteiger partial charge on any atom is 0.139 e. The van der Waals surface area contributed by atoms with E-state index < -0.39 is 15.8 Å². The Morgan fingerprint density at radius 2 is 0.578 bits per heavy atom. The van der Waals surface area contributed by atoms with Gasteiger partial charge in [0.2, 0.25) is 0 Å². The van der Waals surface area contributed by atoms with Crippen molar-refractivity contribution in [2.75, 3.05) is 0 Å². The molecule has 1 aliphatic carbocycles. The molecule has 16 aromatic rings. The largest absolute Gasteiger partial charge is 0.488 e. The smallest absolute Gasteiger partial charge is 0.139 e. The van der Waals surface area contributed by atoms with Gasteiger partial charge in [0.05, 0.1) is 0 Å². The van der Waals surface area contributed by atoms with E-state index in [0.717, 1.165) is 136 Å². The predicted octanol–water partition coefficient (Wildman–Crippen LogP) is 23.5. The summed E-state index contributed by atoms with van der Waals surface area (Å²) >= 11 is 0. The van der Waals surface area contributed by atoms with Crippen molar-refractivity contribution < 1.29 is 23.7 Å². The van der Waals surface area contributed by atoms with Gasteiger partial charge in [-0.05, 0) is 185 Å². The van der Waals surface area contributed by atoms with E-state index in [2.05, 4.69) is 390 Å². The molecule has 13 aliphatic heterocycles. The Labute approximate surface area is 684 Å². The summed E-state index contributed by atoms with van der Waals surface area (Å²) < 4.78 is 37.2. The molecule has 7 heteroatoms. The van der Waals surface area contributed by atoms with Crippen LogP contribution in [0.3, 0.4) is 0 Å². The van der Waals surface area contributed by atoms with Crippen LogP contribution in [0.2, 0.25) is 0 Å². The standard InChI is InChI=1S/C109H88O5P2/c1-109(2)99-41-23-43-101(115(95-37-17-7-18-38-95)96-39-19-8-20-40-96)107(99)114-108-100(109)42-24-44-102(108)116-97-57-49-77(50-58-97)61-75-45-53-83(54-46-75)89-67-91-63-85-33-21-34-86(103(85)110-71-79-25-9-3-10-26-79)64-92-68-90(84-55-47-76(48-56-84)62-78-51-59-98(116)60-52-78)70-94(106(92)113-74-82-31-15-6-16-32-82)66-88-36-22-35-87(104(88)111-72-80-27-11-4-12-28-80)65-93(69-89)105(91)112-73-81-29-13-5-14-30-81/h3-60,67-70H,61-66,71-74H2,1-2H3. The molecular weight excluding hydrogens is 1450 g/mol. The number of ether oxygens (including phenoxy) is 5. The first-order valence-electron chi connectivity index (χ1n) is 40.4. The molecule has 14 aliphatic rings. The van der Waals surface area contributed by atoms with Crippen LogP contribution in [0.15, 0.2) is 376 Å². The van der Waals surface area contributed by atoms with Crippen LogP contribution >= 0.6 is 15.8 Å². The molecule has 5 nitrogen and oxygen atoms in total. The molecule has 0 atom stereocenters. The summed E-state index contributed by atoms with van der Waals surface area (Å²) in [7, 11) is -2.14. The summed E-state index contributed by atoms with van der Waals surface area (Å²) in [5.74, 6) is 5.35. The molecule has 30 rings (SSSR count). The van der Waals surface area contributed by atoms with Crippen molar-refractivity contribution in [3.05, 3.63) is 476 Å². The summed E-state index contributed by atoms with van der Waals surface area (Å²) in [5.41, 5.74) is 24.3. The second-order valence-electron chi connectivity index (χ2n) is 31.3. The monoisotopic (exact) mass is 1540 g/mol. The molecule has 116 heavy (non-hydrogen) atoms. The fourth-order valence-electron chi connectivity index (χ4n) is 17.2. The quantitative estimate of drug-likeness (QED) is 0.0902. The van der Waals surface area contributed by atoms with Gasteiger partial charge in [-0.1, -0.05) is 366 Å². The van der Waals surface area contributed by atoms with Gasteiger partial charge in [-0.3, -0.25) is 0 Å². The molecule has 16 aromatic carbocycles. The van der Waals surface area contributed by atoms with Crippen LogP contribution in [0.1, 0.15) is 114 Å². The summed E-state index contributed by atoms with van der Waals surface area (Å²) in [5, 5.41) is 7.54. The Morgan fingerprint density at radius 1 is 0.276 bits per heavy atom. The van der Waals surface area contributed by atoms with Crippen LogP contribution < -0.4 is 55.5 Å². The fourth-order valence-corrected chi connectivity index (χ4v) is 21.9. The first kappa shape index (κ1) is 73.5. The topological polar surface area (TPSA) is 46.2 Å². The van der Waals surface area contributed by atoms with Crippen molar-refractivity contribution in [2.24, 2.45) is 0 Å². The van der Waals surface area contributed by atoms with Gasteiger partial charge in [0.1, 0.15) is 60.9 Å². The molecule has 564 valence electrons. The van der Waals surface area contributed by atoms with Gasteiger partial charge in [0.25, 0.3) is 0 Å². The van der Waals surface area contributed by atoms with Crippen molar-refractivity contribution in [2.45, 2.75) is 84.2 Å². The maximum absolute atomic E-state index is 7.73. The second-order valence-corrected chi connectivity index (χ2v) is 35.7. The van der Waals surface area contributed by atoms with Gasteiger partial charge in [-0.15, -0.1) is 0 Å². The highest BCUT2D eigenvalue weighted by Crippen LogP contribution is 2.53. The Kier molecular flexibility index (Phi) is 21.0. The molecule has 13 heterocycles. The third kappa shape index (κ3) is 15.7. The predicted molar refractivity (Wildman–Crippen MR) is 479 cm³/mol. The zero-order valence-electron chi connectivity index (χ0n) is 65.3. The Balaban J connectivity index is 0.783. The summed E-state index contributed by atoms with van der Waals surface area (Å²) in [6, 6.07) is 138. The lowest BCUT2D eigenvalue weighted by molar-refractivity contribution is 0.293. The Morgan fingerprint density at radius 3 is 0.931 bits per heavy atom. The molecule has 0 saturated heterocycles. The zero-order chi connectivity index (χ0) is 77.7. The van der Waals surface area contributed by atoms with Gasteiger partial charge in [-0.25, -0.2) is 0 Å². The van der Waals surface area contributed by atoms with Crippen molar-refractivity contribution >= 4 is 47.7 Å². The van der Waals surface area contributed by atoms with E-state index in [1.807, 2.05) is 0 Å². The van der Waals surface area contributed by atoms with E-state index in [4.69, 9.17) is 23.7 Å². The number of benzene rings is 16. The number of fused-ring (bicyclic) bond motifs is 2. The minimum atomic E-state index is -1.16. The third-order valence-corrected chi connectivity index (χ3v) is 28.0. The van der Waals surface area contributed by atoms with Crippen molar-refractivity contribution in [3.63, 3.8) is 0 Å². The van der Waals surface area contributed by atoms with E-state index >= 15 is 0 Å². The molecule has 0 amide bonds. The number of hydrogen-bond donors (Lipinski definition) is 0. The van der Waals surface area contributed by atoms with Crippen LogP contribution in [-0.2, 0) is 70.4 Å². The average Bonchev–Trinajstić information content (AvgIpc) is 0.722. The maximum atomic E-state index is 7.73. The van der Waals surface area contributed by atoms with Gasteiger partial charge < -0.3 is 23.7 Å². The highest BCUT2D eigenvalue weighted by molar-refractivity contribution is 7.80. The lowest BCUT2D eigenvalue weighted by atomic mass is 9.76. The summed E-state index contributed by atoms with van der Waals surface area (Å²) in [6.07, 6.45) is 3.60. The lowest BCUT2D eigenvalue weighted by Gasteiger charge is -2.38. The van der Waals surface area contributed by atoms with Crippen LogP contribution in [0.5, 0.6) is 34.5 Å². The minimum Gasteiger partial charge on any atom is -0.488 e. The van der Waals surface area contributed by atoms with Crippen molar-refractivity contribution in [1.82, 2.24) is 0 Å². The summed E-state index contributed by atoms with van der Waals surface area (Å²) in [6.45, 7) is 6.30. The molecule has 18 bridgehead atoms. The highest BCUT2D eigenvalue weighted by Gasteiger charge is 2.40. The number of hydrogen-bond acceptors (Lipinski definition) is 5. The molecule has 0 saturated carbocycles. The third-order valence-electron chi connectivity index (χ3n) is 23.1. The van der Waals surface area contributed by atoms with Crippen LogP contribution in [-0.4, -0.2) is 0 Å². The normalized spacial score (nSPS) is 13.2. The molecule has 0 N–H and O–H groups in total. The van der Waals surface area contributed by atoms with E-state index in [1.54, 1.807) is 0 Å². The van der Waals surface area contributed by atoms with Crippen LogP contribution in [0.25, 0.3) is 22.3 Å². The SMILES string of the molecule is CC1(C)c2cccc(P(c3ccccc3)c3ccccc3)c2Oc2c(P3c4ccc(cc4)Cc4ccc(cc4)-c4cc5c(OCc6ccccc6)c(c4)Cc4cccc(c4OCc4ccccc4)Cc4cc(cc(c4OCc4ccccc4)Cc4cccc(c4OCc4ccccc4)C5)-c4ccc(cc4)Cc4ccc3cc4)cccc21. The first-order chi connectivity index (χ1) is 57.2. The molecule has 0 radical (unpaired) electrons.